The van der Waals surface area contributed by atoms with Gasteiger partial charge in [-0.2, -0.15) is 0 Å². The van der Waals surface area contributed by atoms with E-state index in [1.54, 1.807) is 55.5 Å². The van der Waals surface area contributed by atoms with Crippen LogP contribution in [0.15, 0.2) is 59.9 Å². The topological polar surface area (TPSA) is 114 Å². The molecule has 0 saturated carbocycles. The van der Waals surface area contributed by atoms with Gasteiger partial charge >= 0.3 is 0 Å². The summed E-state index contributed by atoms with van der Waals surface area (Å²) in [4.78, 5) is 23.0. The van der Waals surface area contributed by atoms with Gasteiger partial charge in [-0.15, -0.1) is 0 Å². The van der Waals surface area contributed by atoms with Crippen molar-refractivity contribution in [2.24, 2.45) is 0 Å². The number of aromatic nitrogens is 2. The summed E-state index contributed by atoms with van der Waals surface area (Å²) in [5, 5.41) is -0.198. The van der Waals surface area contributed by atoms with Crippen LogP contribution in [0.1, 0.15) is 33.6 Å². The Balaban J connectivity index is 1.70. The molecule has 36 heavy (non-hydrogen) atoms. The van der Waals surface area contributed by atoms with Crippen molar-refractivity contribution in [2.75, 3.05) is 11.5 Å². The van der Waals surface area contributed by atoms with Gasteiger partial charge in [-0.25, -0.2) is 26.8 Å². The van der Waals surface area contributed by atoms with Crippen LogP contribution in [0.5, 0.6) is 0 Å². The fraction of sp³-hybridized carbons (Fsp3) is 0.292. The zero-order chi connectivity index (χ0) is 26.1. The van der Waals surface area contributed by atoms with Crippen molar-refractivity contribution < 1.29 is 21.6 Å². The second-order valence-electron chi connectivity index (χ2n) is 8.65. The molecule has 0 aliphatic carbocycles. The smallest absolute Gasteiger partial charge is 0.274 e. The molecule has 1 amide bonds. The summed E-state index contributed by atoms with van der Waals surface area (Å²) in [5.41, 5.74) is 1.75. The number of benzene rings is 2. The molecule has 0 N–H and O–H groups in total. The Kier molecular flexibility index (Phi) is 7.70. The van der Waals surface area contributed by atoms with Gasteiger partial charge in [0, 0.05) is 17.6 Å². The van der Waals surface area contributed by atoms with Crippen molar-refractivity contribution in [3.8, 4) is 0 Å². The van der Waals surface area contributed by atoms with Crippen molar-refractivity contribution in [1.82, 2.24) is 14.9 Å². The second-order valence-corrected chi connectivity index (χ2v) is 13.6. The predicted molar refractivity (Wildman–Crippen MR) is 137 cm³/mol. The highest BCUT2D eigenvalue weighted by atomic mass is 35.5. The lowest BCUT2D eigenvalue weighted by atomic mass is 10.1. The minimum atomic E-state index is -4.00. The van der Waals surface area contributed by atoms with E-state index in [0.717, 1.165) is 11.8 Å². The summed E-state index contributed by atoms with van der Waals surface area (Å²) in [6.07, 6.45) is 1.32. The van der Waals surface area contributed by atoms with E-state index >= 15 is 0 Å². The maximum Gasteiger partial charge on any atom is 0.274 e. The Morgan fingerprint density at radius 3 is 2.56 bits per heavy atom. The van der Waals surface area contributed by atoms with E-state index in [-0.39, 0.29) is 40.9 Å². The van der Waals surface area contributed by atoms with Crippen LogP contribution in [0.25, 0.3) is 0 Å². The first kappa shape index (κ1) is 26.5. The van der Waals surface area contributed by atoms with E-state index in [2.05, 4.69) is 9.97 Å². The molecular weight excluding hydrogens is 545 g/mol. The molecule has 1 saturated heterocycles. The first-order valence-corrected chi connectivity index (χ1v) is 15.2. The molecule has 1 fully saturated rings. The van der Waals surface area contributed by atoms with E-state index in [1.165, 1.54) is 4.90 Å². The Labute approximate surface area is 220 Å². The molecule has 0 spiro atoms. The van der Waals surface area contributed by atoms with E-state index in [4.69, 9.17) is 23.2 Å². The number of aryl methyl sites for hydroxylation is 1. The molecule has 8 nitrogen and oxygen atoms in total. The van der Waals surface area contributed by atoms with Gasteiger partial charge in [-0.3, -0.25) is 4.79 Å². The highest BCUT2D eigenvalue weighted by Crippen LogP contribution is 2.26. The average molecular weight is 569 g/mol. The van der Waals surface area contributed by atoms with Gasteiger partial charge in [0.25, 0.3) is 5.91 Å². The minimum absolute atomic E-state index is 0.0468. The SMILES string of the molecule is Cc1ccccc1CS(=O)(=O)c1ncc(Cl)c(C(=O)N(Cc2cccc(Cl)c2)C2CCS(=O)(=O)C2)n1. The zero-order valence-electron chi connectivity index (χ0n) is 19.3. The molecule has 3 aromatic rings. The summed E-state index contributed by atoms with van der Waals surface area (Å²) in [6.45, 7) is 1.84. The van der Waals surface area contributed by atoms with Crippen LogP contribution in [0.3, 0.4) is 0 Å². The zero-order valence-corrected chi connectivity index (χ0v) is 22.4. The van der Waals surface area contributed by atoms with Crippen LogP contribution in [0, 0.1) is 6.92 Å². The van der Waals surface area contributed by atoms with Crippen molar-refractivity contribution in [1.29, 1.82) is 0 Å². The maximum atomic E-state index is 13.7. The fourth-order valence-corrected chi connectivity index (χ4v) is 7.47. The molecule has 0 radical (unpaired) electrons. The molecular formula is C24H23Cl2N3O5S2. The number of hydrogen-bond donors (Lipinski definition) is 0. The fourth-order valence-electron chi connectivity index (χ4n) is 4.05. The van der Waals surface area contributed by atoms with Crippen LogP contribution in [0.2, 0.25) is 10.0 Å². The molecule has 2 aromatic carbocycles. The minimum Gasteiger partial charge on any atom is -0.329 e. The van der Waals surface area contributed by atoms with Crippen molar-refractivity contribution in [2.45, 2.75) is 36.8 Å². The number of halogens is 2. The predicted octanol–water partition coefficient (Wildman–Crippen LogP) is 3.90. The third kappa shape index (κ3) is 6.05. The van der Waals surface area contributed by atoms with Crippen molar-refractivity contribution in [3.05, 3.63) is 87.2 Å². The van der Waals surface area contributed by atoms with E-state index < -0.39 is 36.8 Å². The summed E-state index contributed by atoms with van der Waals surface area (Å²) in [7, 11) is -7.32. The molecule has 190 valence electrons. The number of nitrogens with zero attached hydrogens (tertiary/aromatic N) is 3. The summed E-state index contributed by atoms with van der Waals surface area (Å²) < 4.78 is 50.5. The largest absolute Gasteiger partial charge is 0.329 e. The third-order valence-corrected chi connectivity index (χ3v) is 9.67. The first-order valence-electron chi connectivity index (χ1n) is 11.0. The molecule has 2 heterocycles. The number of sulfone groups is 2. The van der Waals surface area contributed by atoms with Crippen LogP contribution in [-0.2, 0) is 32.0 Å². The van der Waals surface area contributed by atoms with Gasteiger partial charge in [0.2, 0.25) is 15.0 Å². The summed E-state index contributed by atoms with van der Waals surface area (Å²) >= 11 is 12.4. The van der Waals surface area contributed by atoms with Crippen LogP contribution >= 0.6 is 23.2 Å². The quantitative estimate of drug-likeness (QED) is 0.397. The average Bonchev–Trinajstić information content (AvgIpc) is 3.18. The molecule has 1 unspecified atom stereocenters. The van der Waals surface area contributed by atoms with Crippen molar-refractivity contribution in [3.63, 3.8) is 0 Å². The van der Waals surface area contributed by atoms with E-state index in [1.807, 2.05) is 0 Å². The maximum absolute atomic E-state index is 13.7. The molecule has 1 aliphatic heterocycles. The van der Waals surface area contributed by atoms with Crippen molar-refractivity contribution >= 4 is 48.8 Å². The summed E-state index contributed by atoms with van der Waals surface area (Å²) in [5.74, 6) is -1.29. The lowest BCUT2D eigenvalue weighted by Gasteiger charge is -2.28. The highest BCUT2D eigenvalue weighted by molar-refractivity contribution is 7.91. The third-order valence-electron chi connectivity index (χ3n) is 5.96. The van der Waals surface area contributed by atoms with Gasteiger partial charge in [-0.05, 0) is 42.2 Å². The number of hydrogen-bond acceptors (Lipinski definition) is 7. The van der Waals surface area contributed by atoms with E-state index in [0.29, 0.717) is 16.1 Å². The van der Waals surface area contributed by atoms with E-state index in [9.17, 15) is 21.6 Å². The van der Waals surface area contributed by atoms with Crippen LogP contribution in [-0.4, -0.2) is 55.2 Å². The van der Waals surface area contributed by atoms with Gasteiger partial charge in [0.15, 0.2) is 15.5 Å². The van der Waals surface area contributed by atoms with Gasteiger partial charge in [0.05, 0.1) is 28.5 Å². The Bertz CT molecular complexity index is 1530. The Morgan fingerprint density at radius 1 is 1.14 bits per heavy atom. The Morgan fingerprint density at radius 2 is 1.89 bits per heavy atom. The highest BCUT2D eigenvalue weighted by Gasteiger charge is 2.36. The second kappa shape index (κ2) is 10.5. The molecule has 1 aromatic heterocycles. The first-order chi connectivity index (χ1) is 16.9. The van der Waals surface area contributed by atoms with Gasteiger partial charge in [0.1, 0.15) is 0 Å². The molecule has 1 atom stereocenters. The van der Waals surface area contributed by atoms with Crippen LogP contribution < -0.4 is 0 Å². The molecule has 12 heteroatoms. The Hall–Kier alpha value is -2.53. The number of rotatable bonds is 7. The van der Waals surface area contributed by atoms with Crippen LogP contribution in [0.4, 0.5) is 0 Å². The lowest BCUT2D eigenvalue weighted by Crippen LogP contribution is -2.41. The number of carbonyl (C=O) groups excluding carboxylic acids is 1. The molecule has 0 bridgehead atoms. The van der Waals surface area contributed by atoms with Gasteiger partial charge in [-0.1, -0.05) is 59.6 Å². The molecule has 1 aliphatic rings. The monoisotopic (exact) mass is 567 g/mol. The number of amides is 1. The van der Waals surface area contributed by atoms with Gasteiger partial charge < -0.3 is 4.90 Å². The number of carbonyl (C=O) groups is 1. The normalized spacial score (nSPS) is 17.1. The summed E-state index contributed by atoms with van der Waals surface area (Å²) in [6, 6.07) is 13.2. The standard InChI is InChI=1S/C24H23Cl2N3O5S2/c1-16-5-2-3-7-18(16)14-36(33,34)24-27-12-21(26)22(28-24)23(30)29(20-9-10-35(31,32)15-20)13-17-6-4-8-19(25)11-17/h2-8,11-12,20H,9-10,13-15H2,1H3. The lowest BCUT2D eigenvalue weighted by molar-refractivity contribution is 0.0674. The molecule has 4 rings (SSSR count).